The molecule has 2 N–H and O–H groups in total. The van der Waals surface area contributed by atoms with Crippen LogP contribution in [0.2, 0.25) is 0 Å². The number of ether oxygens (including phenoxy) is 1. The number of aliphatic hydroxyl groups excluding tert-OH is 2. The Labute approximate surface area is 120 Å². The molecule has 0 aliphatic carbocycles. The third-order valence-electron chi connectivity index (χ3n) is 2.50. The van der Waals surface area contributed by atoms with Crippen LogP contribution in [0, 0.1) is 23.7 Å². The topological polar surface area (TPSA) is 49.7 Å². The van der Waals surface area contributed by atoms with Crippen LogP contribution in [0.5, 0.6) is 0 Å². The van der Waals surface area contributed by atoms with Gasteiger partial charge >= 0.3 is 0 Å². The summed E-state index contributed by atoms with van der Waals surface area (Å²) in [5.41, 5.74) is 1.09. The summed E-state index contributed by atoms with van der Waals surface area (Å²) in [7, 11) is 0. The first-order chi connectivity index (χ1) is 9.72. The van der Waals surface area contributed by atoms with Crippen LogP contribution >= 0.6 is 0 Å². The molecule has 20 heavy (non-hydrogen) atoms. The second-order valence-electron chi connectivity index (χ2n) is 4.34. The molecule has 0 fully saturated rings. The Morgan fingerprint density at radius 1 is 1.10 bits per heavy atom. The van der Waals surface area contributed by atoms with Crippen molar-refractivity contribution in [3.63, 3.8) is 0 Å². The SMILES string of the molecule is CC(O)C#CCC(CC#CCO)OCc1ccccc1. The minimum Gasteiger partial charge on any atom is -0.384 e. The molecular formula is C17H20O3. The van der Waals surface area contributed by atoms with E-state index in [9.17, 15) is 0 Å². The van der Waals surface area contributed by atoms with Gasteiger partial charge in [-0.1, -0.05) is 54.0 Å². The Bertz CT molecular complexity index is 486. The van der Waals surface area contributed by atoms with E-state index in [-0.39, 0.29) is 12.7 Å². The highest BCUT2D eigenvalue weighted by atomic mass is 16.5. The van der Waals surface area contributed by atoms with Crippen molar-refractivity contribution in [1.29, 1.82) is 0 Å². The van der Waals surface area contributed by atoms with E-state index in [2.05, 4.69) is 23.7 Å². The van der Waals surface area contributed by atoms with Gasteiger partial charge in [-0.25, -0.2) is 0 Å². The first-order valence-corrected chi connectivity index (χ1v) is 6.61. The van der Waals surface area contributed by atoms with Crippen molar-refractivity contribution < 1.29 is 14.9 Å². The quantitative estimate of drug-likeness (QED) is 0.803. The maximum atomic E-state index is 9.11. The Kier molecular flexibility index (Phi) is 8.19. The average molecular weight is 272 g/mol. The molecule has 2 atom stereocenters. The fraction of sp³-hybridized carbons (Fsp3) is 0.412. The summed E-state index contributed by atoms with van der Waals surface area (Å²) >= 11 is 0. The third kappa shape index (κ3) is 7.61. The van der Waals surface area contributed by atoms with Crippen molar-refractivity contribution in [3.8, 4) is 23.7 Å². The summed E-state index contributed by atoms with van der Waals surface area (Å²) in [6.07, 6.45) is 0.272. The molecular weight excluding hydrogens is 252 g/mol. The molecule has 0 bridgehead atoms. The van der Waals surface area contributed by atoms with Gasteiger partial charge in [-0.3, -0.25) is 0 Å². The lowest BCUT2D eigenvalue weighted by molar-refractivity contribution is 0.0474. The predicted molar refractivity (Wildman–Crippen MR) is 78.6 cm³/mol. The van der Waals surface area contributed by atoms with E-state index < -0.39 is 6.10 Å². The monoisotopic (exact) mass is 272 g/mol. The summed E-state index contributed by atoms with van der Waals surface area (Å²) in [4.78, 5) is 0. The van der Waals surface area contributed by atoms with E-state index in [4.69, 9.17) is 14.9 Å². The van der Waals surface area contributed by atoms with Crippen LogP contribution in [0.1, 0.15) is 25.3 Å². The summed E-state index contributed by atoms with van der Waals surface area (Å²) in [5.74, 6) is 11.0. The Balaban J connectivity index is 2.51. The van der Waals surface area contributed by atoms with Crippen molar-refractivity contribution in [2.45, 2.75) is 38.6 Å². The van der Waals surface area contributed by atoms with Crippen molar-refractivity contribution in [2.24, 2.45) is 0 Å². The van der Waals surface area contributed by atoms with Gasteiger partial charge in [-0.2, -0.15) is 0 Å². The molecule has 1 aromatic rings. The van der Waals surface area contributed by atoms with Gasteiger partial charge in [0.2, 0.25) is 0 Å². The molecule has 2 unspecified atom stereocenters. The summed E-state index contributed by atoms with van der Waals surface area (Å²) in [6.45, 7) is 1.98. The van der Waals surface area contributed by atoms with Gasteiger partial charge in [0.05, 0.1) is 12.7 Å². The van der Waals surface area contributed by atoms with Gasteiger partial charge < -0.3 is 14.9 Å². The first kappa shape index (κ1) is 16.3. The zero-order valence-electron chi connectivity index (χ0n) is 11.7. The lowest BCUT2D eigenvalue weighted by Crippen LogP contribution is -2.12. The largest absolute Gasteiger partial charge is 0.384 e. The van der Waals surface area contributed by atoms with Crippen LogP contribution in [0.4, 0.5) is 0 Å². The molecule has 1 rings (SSSR count). The summed E-state index contributed by atoms with van der Waals surface area (Å²) in [6, 6.07) is 9.89. The normalized spacial score (nSPS) is 12.6. The van der Waals surface area contributed by atoms with E-state index in [1.807, 2.05) is 30.3 Å². The number of hydrogen-bond donors (Lipinski definition) is 2. The Morgan fingerprint density at radius 2 is 1.80 bits per heavy atom. The molecule has 0 spiro atoms. The Hall–Kier alpha value is -1.78. The molecule has 0 saturated heterocycles. The maximum Gasteiger partial charge on any atom is 0.111 e. The fourth-order valence-electron chi connectivity index (χ4n) is 1.54. The third-order valence-corrected chi connectivity index (χ3v) is 2.50. The van der Waals surface area contributed by atoms with Crippen molar-refractivity contribution in [3.05, 3.63) is 35.9 Å². The molecule has 3 heteroatoms. The van der Waals surface area contributed by atoms with Crippen molar-refractivity contribution in [1.82, 2.24) is 0 Å². The second-order valence-corrected chi connectivity index (χ2v) is 4.34. The van der Waals surface area contributed by atoms with Crippen molar-refractivity contribution >= 4 is 0 Å². The number of rotatable bonds is 5. The Morgan fingerprint density at radius 3 is 2.45 bits per heavy atom. The van der Waals surface area contributed by atoms with Gasteiger partial charge in [0, 0.05) is 12.8 Å². The van der Waals surface area contributed by atoms with Gasteiger partial charge in [0.1, 0.15) is 12.7 Å². The van der Waals surface area contributed by atoms with Gasteiger partial charge in [0.25, 0.3) is 0 Å². The van der Waals surface area contributed by atoms with Gasteiger partial charge in [-0.15, -0.1) is 0 Å². The maximum absolute atomic E-state index is 9.11. The van der Waals surface area contributed by atoms with Gasteiger partial charge in [-0.05, 0) is 12.5 Å². The van der Waals surface area contributed by atoms with Crippen LogP contribution in [0.25, 0.3) is 0 Å². The highest BCUT2D eigenvalue weighted by Gasteiger charge is 2.06. The molecule has 0 radical (unpaired) electrons. The molecule has 0 heterocycles. The minimum atomic E-state index is -0.631. The van der Waals surface area contributed by atoms with E-state index in [1.165, 1.54) is 0 Å². The van der Waals surface area contributed by atoms with Crippen LogP contribution in [-0.2, 0) is 11.3 Å². The molecule has 1 aromatic carbocycles. The zero-order chi connectivity index (χ0) is 14.6. The van der Waals surface area contributed by atoms with E-state index in [0.717, 1.165) is 5.56 Å². The van der Waals surface area contributed by atoms with Crippen LogP contribution < -0.4 is 0 Å². The summed E-state index contributed by atoms with van der Waals surface area (Å²) in [5, 5.41) is 17.8. The molecule has 106 valence electrons. The highest BCUT2D eigenvalue weighted by molar-refractivity contribution is 5.14. The minimum absolute atomic E-state index is 0.125. The number of hydrogen-bond acceptors (Lipinski definition) is 3. The van der Waals surface area contributed by atoms with Crippen LogP contribution in [-0.4, -0.2) is 29.0 Å². The zero-order valence-corrected chi connectivity index (χ0v) is 11.7. The summed E-state index contributed by atoms with van der Waals surface area (Å²) < 4.78 is 5.79. The standard InChI is InChI=1S/C17H20O3/c1-15(19)8-7-12-17(11-5-6-13-18)20-14-16-9-3-2-4-10-16/h2-4,9-10,15,17-19H,11-14H2,1H3. The first-order valence-electron chi connectivity index (χ1n) is 6.61. The predicted octanol–water partition coefficient (Wildman–Crippen LogP) is 1.73. The molecule has 0 aromatic heterocycles. The molecule has 0 amide bonds. The molecule has 3 nitrogen and oxygen atoms in total. The van der Waals surface area contributed by atoms with Gasteiger partial charge in [0.15, 0.2) is 0 Å². The lowest BCUT2D eigenvalue weighted by atomic mass is 10.1. The smallest absolute Gasteiger partial charge is 0.111 e. The highest BCUT2D eigenvalue weighted by Crippen LogP contribution is 2.08. The number of benzene rings is 1. The molecule has 0 saturated carbocycles. The molecule has 0 aliphatic rings. The fourth-order valence-corrected chi connectivity index (χ4v) is 1.54. The van der Waals surface area contributed by atoms with E-state index in [1.54, 1.807) is 6.92 Å². The second kappa shape index (κ2) is 10.1. The van der Waals surface area contributed by atoms with Crippen molar-refractivity contribution in [2.75, 3.05) is 6.61 Å². The molecule has 0 aliphatic heterocycles. The number of aliphatic hydroxyl groups is 2. The lowest BCUT2D eigenvalue weighted by Gasteiger charge is -2.13. The van der Waals surface area contributed by atoms with E-state index in [0.29, 0.717) is 19.4 Å². The van der Waals surface area contributed by atoms with Crippen LogP contribution in [0.15, 0.2) is 30.3 Å². The van der Waals surface area contributed by atoms with Crippen LogP contribution in [0.3, 0.4) is 0 Å². The van der Waals surface area contributed by atoms with E-state index >= 15 is 0 Å². The average Bonchev–Trinajstić information content (AvgIpc) is 2.45.